The Balaban J connectivity index is -0.0000000833. The van der Waals surface area contributed by atoms with E-state index in [2.05, 4.69) is 12.2 Å². The summed E-state index contributed by atoms with van der Waals surface area (Å²) in [6.45, 7) is 0. The molecule has 1 aliphatic rings. The summed E-state index contributed by atoms with van der Waals surface area (Å²) in [5.74, 6) is 0. The minimum atomic E-state index is 0. The van der Waals surface area contributed by atoms with Crippen LogP contribution < -0.4 is 0 Å². The molecule has 0 amide bonds. The molecule has 1 radical (unpaired) electrons. The molecule has 0 saturated carbocycles. The van der Waals surface area contributed by atoms with Crippen molar-refractivity contribution in [2.75, 3.05) is 0 Å². The van der Waals surface area contributed by atoms with Crippen LogP contribution in [0.3, 0.4) is 0 Å². The summed E-state index contributed by atoms with van der Waals surface area (Å²) in [5, 5.41) is 0. The fourth-order valence-electron chi connectivity index (χ4n) is 0.340. The number of hydrogen-bond acceptors (Lipinski definition) is 0. The third kappa shape index (κ3) is 5.97. The Morgan fingerprint density at radius 2 is 1.88 bits per heavy atom. The standard InChI is InChI=1S/C5H5.2CH3.Ni/c1-2-4-5-3-1;;;/h1-3H,4H2;2*1H3;/q3*-1;+3. The number of hydrogen-bond donors (Lipinski definition) is 0. The van der Waals surface area contributed by atoms with E-state index in [1.807, 2.05) is 12.2 Å². The van der Waals surface area contributed by atoms with Crippen LogP contribution in [-0.2, 0) is 16.5 Å². The molecule has 0 spiro atoms. The minimum Gasteiger partial charge on any atom is -0.358 e. The first-order chi connectivity index (χ1) is 2.50. The molecule has 1 aliphatic carbocycles. The van der Waals surface area contributed by atoms with Gasteiger partial charge in [0.25, 0.3) is 0 Å². The van der Waals surface area contributed by atoms with Crippen molar-refractivity contribution in [3.05, 3.63) is 39.2 Å². The van der Waals surface area contributed by atoms with E-state index in [-0.39, 0.29) is 31.3 Å². The van der Waals surface area contributed by atoms with Gasteiger partial charge in [0.1, 0.15) is 0 Å². The Kier molecular flexibility index (Phi) is 19.7. The van der Waals surface area contributed by atoms with Crippen LogP contribution in [0.4, 0.5) is 0 Å². The van der Waals surface area contributed by atoms with Gasteiger partial charge in [-0.25, -0.2) is 12.2 Å². The first-order valence-electron chi connectivity index (χ1n) is 1.72. The molecule has 49 valence electrons. The summed E-state index contributed by atoms with van der Waals surface area (Å²) >= 11 is 0. The van der Waals surface area contributed by atoms with Crippen LogP contribution in [0.15, 0.2) is 18.2 Å². The average molecular weight is 154 g/mol. The fourth-order valence-corrected chi connectivity index (χ4v) is 0.340. The van der Waals surface area contributed by atoms with Crippen LogP contribution in [0.5, 0.6) is 0 Å². The van der Waals surface area contributed by atoms with Crippen molar-refractivity contribution >= 4 is 0 Å². The van der Waals surface area contributed by atoms with Gasteiger partial charge in [0.2, 0.25) is 0 Å². The van der Waals surface area contributed by atoms with Gasteiger partial charge < -0.3 is 14.9 Å². The summed E-state index contributed by atoms with van der Waals surface area (Å²) in [6, 6.07) is 0. The van der Waals surface area contributed by atoms with Gasteiger partial charge in [-0.05, 0) is 0 Å². The molecule has 0 aliphatic heterocycles. The maximum Gasteiger partial charge on any atom is 3.00 e. The first kappa shape index (κ1) is 15.7. The molecular formula is C7H11Ni. The summed E-state index contributed by atoms with van der Waals surface area (Å²) in [7, 11) is 0. The SMILES string of the molecule is [C-]1=CC=CC1.[CH3-].[CH3-].[Ni+3]. The van der Waals surface area contributed by atoms with Gasteiger partial charge >= 0.3 is 16.5 Å². The summed E-state index contributed by atoms with van der Waals surface area (Å²) < 4.78 is 0. The Labute approximate surface area is 62.6 Å². The second-order valence-electron chi connectivity index (χ2n) is 1.00. The zero-order chi connectivity index (χ0) is 3.54. The van der Waals surface area contributed by atoms with Crippen LogP contribution in [0.2, 0.25) is 0 Å². The molecule has 0 bridgehead atoms. The van der Waals surface area contributed by atoms with Crippen molar-refractivity contribution in [2.24, 2.45) is 0 Å². The zero-order valence-electron chi connectivity index (χ0n) is 5.26. The second-order valence-corrected chi connectivity index (χ2v) is 1.00. The maximum absolute atomic E-state index is 2.99. The van der Waals surface area contributed by atoms with E-state index in [1.165, 1.54) is 0 Å². The van der Waals surface area contributed by atoms with E-state index in [9.17, 15) is 0 Å². The van der Waals surface area contributed by atoms with Crippen molar-refractivity contribution in [2.45, 2.75) is 6.42 Å². The monoisotopic (exact) mass is 153 g/mol. The Hall–Kier alpha value is -0.0265. The van der Waals surface area contributed by atoms with Crippen LogP contribution in [0.25, 0.3) is 0 Å². The van der Waals surface area contributed by atoms with Gasteiger partial charge in [-0.3, -0.25) is 6.08 Å². The molecule has 0 aromatic carbocycles. The van der Waals surface area contributed by atoms with E-state index < -0.39 is 0 Å². The molecule has 0 nitrogen and oxygen atoms in total. The molecule has 0 aromatic rings. The normalized spacial score (nSPS) is 11.0. The number of rotatable bonds is 0. The van der Waals surface area contributed by atoms with Crippen LogP contribution in [-0.4, -0.2) is 0 Å². The Morgan fingerprint density at radius 1 is 1.25 bits per heavy atom. The van der Waals surface area contributed by atoms with E-state index >= 15 is 0 Å². The largest absolute Gasteiger partial charge is 3.00 e. The first-order valence-corrected chi connectivity index (χ1v) is 1.72. The van der Waals surface area contributed by atoms with Crippen LogP contribution in [0.1, 0.15) is 6.42 Å². The predicted molar refractivity (Wildman–Crippen MR) is 34.4 cm³/mol. The van der Waals surface area contributed by atoms with E-state index in [1.54, 1.807) is 0 Å². The molecule has 1 rings (SSSR count). The molecule has 0 saturated heterocycles. The predicted octanol–water partition coefficient (Wildman–Crippen LogP) is 2.20. The fraction of sp³-hybridized carbons (Fsp3) is 0.143. The topological polar surface area (TPSA) is 0 Å². The zero-order valence-corrected chi connectivity index (χ0v) is 6.24. The van der Waals surface area contributed by atoms with E-state index in [0.717, 1.165) is 6.42 Å². The van der Waals surface area contributed by atoms with Gasteiger partial charge in [-0.1, -0.05) is 0 Å². The molecule has 0 N–H and O–H groups in total. The van der Waals surface area contributed by atoms with Gasteiger partial charge in [0.15, 0.2) is 0 Å². The van der Waals surface area contributed by atoms with Gasteiger partial charge in [0.05, 0.1) is 0 Å². The second kappa shape index (κ2) is 10.1. The summed E-state index contributed by atoms with van der Waals surface area (Å²) in [6.07, 6.45) is 10.0. The molecule has 8 heavy (non-hydrogen) atoms. The minimum absolute atomic E-state index is 0. The summed E-state index contributed by atoms with van der Waals surface area (Å²) in [4.78, 5) is 0. The Bertz CT molecular complexity index is 62.5. The van der Waals surface area contributed by atoms with Crippen LogP contribution in [0, 0.1) is 20.9 Å². The summed E-state index contributed by atoms with van der Waals surface area (Å²) in [5.41, 5.74) is 0. The quantitative estimate of drug-likeness (QED) is 0.370. The van der Waals surface area contributed by atoms with Crippen molar-refractivity contribution in [1.29, 1.82) is 0 Å². The smallest absolute Gasteiger partial charge is 0.358 e. The van der Waals surface area contributed by atoms with Gasteiger partial charge in [-0.2, -0.15) is 6.08 Å². The molecule has 0 unspecified atom stereocenters. The van der Waals surface area contributed by atoms with Gasteiger partial charge in [-0.15, -0.1) is 6.42 Å². The van der Waals surface area contributed by atoms with E-state index in [0.29, 0.717) is 0 Å². The third-order valence-electron chi connectivity index (χ3n) is 0.586. The number of allylic oxidation sites excluding steroid dienone is 4. The molecular weight excluding hydrogens is 143 g/mol. The molecule has 1 heteroatoms. The van der Waals surface area contributed by atoms with E-state index in [4.69, 9.17) is 0 Å². The Morgan fingerprint density at radius 3 is 2.00 bits per heavy atom. The average Bonchev–Trinajstić information content (AvgIpc) is 1.76. The third-order valence-corrected chi connectivity index (χ3v) is 0.586. The molecule has 0 aromatic heterocycles. The van der Waals surface area contributed by atoms with Gasteiger partial charge in [0, 0.05) is 0 Å². The maximum atomic E-state index is 2.99. The molecule has 0 atom stereocenters. The van der Waals surface area contributed by atoms with Crippen LogP contribution >= 0.6 is 0 Å². The molecule has 0 heterocycles. The van der Waals surface area contributed by atoms with Crippen molar-refractivity contribution in [3.63, 3.8) is 0 Å². The van der Waals surface area contributed by atoms with Crippen molar-refractivity contribution in [1.82, 2.24) is 0 Å². The molecule has 0 fully saturated rings. The van der Waals surface area contributed by atoms with Crippen molar-refractivity contribution < 1.29 is 16.5 Å². The van der Waals surface area contributed by atoms with Crippen molar-refractivity contribution in [3.8, 4) is 0 Å².